The Hall–Kier alpha value is -4.40. The van der Waals surface area contributed by atoms with E-state index in [4.69, 9.17) is 13.6 Å². The number of hydrogen-bond acceptors (Lipinski definition) is 9. The second kappa shape index (κ2) is 6.56. The molecule has 156 valence electrons. The fourth-order valence-corrected chi connectivity index (χ4v) is 3.77. The minimum absolute atomic E-state index is 0.00371. The summed E-state index contributed by atoms with van der Waals surface area (Å²) in [5.74, 6) is -3.32. The number of carbonyl (C=O) groups is 1. The SMILES string of the molecule is O=C1CC(c2ccco2)c2c(cc(O)c3c(=O)c(O)c(-c4ccc(O)c(O)c4)oc23)O1. The second-order valence-corrected chi connectivity index (χ2v) is 7.07. The number of fused-ring (bicyclic) bond motifs is 3. The highest BCUT2D eigenvalue weighted by molar-refractivity contribution is 5.94. The number of benzene rings is 2. The van der Waals surface area contributed by atoms with E-state index in [1.807, 2.05) is 0 Å². The predicted molar refractivity (Wildman–Crippen MR) is 105 cm³/mol. The summed E-state index contributed by atoms with van der Waals surface area (Å²) < 4.78 is 16.6. The van der Waals surface area contributed by atoms with Crippen LogP contribution in [0.2, 0.25) is 0 Å². The molecule has 3 heterocycles. The van der Waals surface area contributed by atoms with E-state index in [9.17, 15) is 30.0 Å². The van der Waals surface area contributed by atoms with Gasteiger partial charge in [0.15, 0.2) is 17.3 Å². The zero-order chi connectivity index (χ0) is 21.9. The average molecular weight is 422 g/mol. The number of esters is 1. The maximum atomic E-state index is 12.9. The predicted octanol–water partition coefficient (Wildman–Crippen LogP) is 3.32. The maximum Gasteiger partial charge on any atom is 0.312 e. The van der Waals surface area contributed by atoms with Crippen LogP contribution in [0, 0.1) is 0 Å². The van der Waals surface area contributed by atoms with E-state index in [-0.39, 0.29) is 34.5 Å². The van der Waals surface area contributed by atoms with Crippen LogP contribution >= 0.6 is 0 Å². The first kappa shape index (κ1) is 18.6. The van der Waals surface area contributed by atoms with Crippen LogP contribution in [0.1, 0.15) is 23.7 Å². The Labute approximate surface area is 173 Å². The zero-order valence-electron chi connectivity index (χ0n) is 15.7. The number of phenols is 3. The fraction of sp³-hybridized carbons (Fsp3) is 0.0909. The molecule has 0 spiro atoms. The van der Waals surface area contributed by atoms with Crippen molar-refractivity contribution in [2.75, 3.05) is 0 Å². The van der Waals surface area contributed by atoms with Crippen LogP contribution in [0.25, 0.3) is 22.3 Å². The van der Waals surface area contributed by atoms with Gasteiger partial charge in [-0.3, -0.25) is 9.59 Å². The van der Waals surface area contributed by atoms with Crippen LogP contribution in [0.5, 0.6) is 28.7 Å². The molecule has 0 aliphatic carbocycles. The number of aromatic hydroxyl groups is 4. The summed E-state index contributed by atoms with van der Waals surface area (Å²) in [6, 6.07) is 8.02. The Morgan fingerprint density at radius 3 is 2.45 bits per heavy atom. The van der Waals surface area contributed by atoms with Gasteiger partial charge < -0.3 is 34.0 Å². The van der Waals surface area contributed by atoms with Crippen molar-refractivity contribution in [2.45, 2.75) is 12.3 Å². The molecule has 2 aromatic heterocycles. The van der Waals surface area contributed by atoms with Crippen molar-refractivity contribution in [2.24, 2.45) is 0 Å². The van der Waals surface area contributed by atoms with Gasteiger partial charge in [-0.2, -0.15) is 0 Å². The summed E-state index contributed by atoms with van der Waals surface area (Å²) in [7, 11) is 0. The summed E-state index contributed by atoms with van der Waals surface area (Å²) >= 11 is 0. The first-order chi connectivity index (χ1) is 14.8. The third-order valence-corrected chi connectivity index (χ3v) is 5.19. The van der Waals surface area contributed by atoms with Crippen LogP contribution in [-0.4, -0.2) is 26.4 Å². The Bertz CT molecular complexity index is 1410. The van der Waals surface area contributed by atoms with Crippen LogP contribution in [0.4, 0.5) is 0 Å². The Morgan fingerprint density at radius 1 is 0.935 bits per heavy atom. The number of rotatable bonds is 2. The maximum absolute atomic E-state index is 12.9. The van der Waals surface area contributed by atoms with E-state index in [0.717, 1.165) is 12.1 Å². The number of hydrogen-bond donors (Lipinski definition) is 4. The van der Waals surface area contributed by atoms with Crippen LogP contribution < -0.4 is 10.2 Å². The summed E-state index contributed by atoms with van der Waals surface area (Å²) in [5, 5.41) is 39.9. The zero-order valence-corrected chi connectivity index (χ0v) is 15.7. The third kappa shape index (κ3) is 2.78. The monoisotopic (exact) mass is 422 g/mol. The molecule has 0 radical (unpaired) electrons. The molecule has 1 atom stereocenters. The van der Waals surface area contributed by atoms with Crippen molar-refractivity contribution >= 4 is 16.9 Å². The van der Waals surface area contributed by atoms with Crippen molar-refractivity contribution in [3.05, 3.63) is 64.2 Å². The van der Waals surface area contributed by atoms with Gasteiger partial charge in [0.25, 0.3) is 0 Å². The van der Waals surface area contributed by atoms with Crippen molar-refractivity contribution in [3.63, 3.8) is 0 Å². The minimum atomic E-state index is -0.917. The molecule has 0 saturated heterocycles. The van der Waals surface area contributed by atoms with E-state index in [1.165, 1.54) is 18.4 Å². The fourth-order valence-electron chi connectivity index (χ4n) is 3.77. The Balaban J connectivity index is 1.87. The molecular weight excluding hydrogens is 408 g/mol. The molecule has 1 aliphatic heterocycles. The van der Waals surface area contributed by atoms with Gasteiger partial charge in [0.2, 0.25) is 11.2 Å². The van der Waals surface area contributed by atoms with Gasteiger partial charge in [-0.1, -0.05) is 0 Å². The molecule has 0 fully saturated rings. The topological polar surface area (TPSA) is 151 Å². The lowest BCUT2D eigenvalue weighted by molar-refractivity contribution is -0.135. The van der Waals surface area contributed by atoms with Gasteiger partial charge in [0.05, 0.1) is 18.6 Å². The van der Waals surface area contributed by atoms with Gasteiger partial charge >= 0.3 is 5.97 Å². The van der Waals surface area contributed by atoms with Crippen molar-refractivity contribution in [3.8, 4) is 40.1 Å². The van der Waals surface area contributed by atoms with E-state index in [2.05, 4.69) is 0 Å². The summed E-state index contributed by atoms with van der Waals surface area (Å²) in [4.78, 5) is 25.1. The van der Waals surface area contributed by atoms with E-state index >= 15 is 0 Å². The molecule has 9 heteroatoms. The number of carbonyl (C=O) groups excluding carboxylic acids is 1. The minimum Gasteiger partial charge on any atom is -0.507 e. The summed E-state index contributed by atoms with van der Waals surface area (Å²) in [6.45, 7) is 0. The summed E-state index contributed by atoms with van der Waals surface area (Å²) in [6.07, 6.45) is 1.34. The van der Waals surface area contributed by atoms with Crippen LogP contribution in [0.15, 0.2) is 56.3 Å². The van der Waals surface area contributed by atoms with E-state index in [0.29, 0.717) is 11.3 Å². The molecule has 2 aromatic carbocycles. The van der Waals surface area contributed by atoms with Gasteiger partial charge in [0, 0.05) is 17.2 Å². The lowest BCUT2D eigenvalue weighted by atomic mass is 9.88. The molecule has 1 unspecified atom stereocenters. The number of phenolic OH excluding ortho intramolecular Hbond substituents is 3. The molecule has 1 aliphatic rings. The smallest absolute Gasteiger partial charge is 0.312 e. The molecule has 0 amide bonds. The lowest BCUT2D eigenvalue weighted by Crippen LogP contribution is -2.21. The molecule has 9 nitrogen and oxygen atoms in total. The number of ether oxygens (including phenoxy) is 1. The molecule has 4 N–H and O–H groups in total. The highest BCUT2D eigenvalue weighted by Crippen LogP contribution is 2.47. The molecule has 0 bridgehead atoms. The van der Waals surface area contributed by atoms with Gasteiger partial charge in [-0.25, -0.2) is 0 Å². The number of furan rings is 1. The Kier molecular flexibility index (Phi) is 3.94. The molecule has 4 aromatic rings. The lowest BCUT2D eigenvalue weighted by Gasteiger charge is -2.24. The third-order valence-electron chi connectivity index (χ3n) is 5.19. The van der Waals surface area contributed by atoms with E-state index < -0.39 is 40.3 Å². The Morgan fingerprint density at radius 2 is 1.74 bits per heavy atom. The van der Waals surface area contributed by atoms with Crippen LogP contribution in [-0.2, 0) is 4.79 Å². The molecule has 31 heavy (non-hydrogen) atoms. The normalized spacial score (nSPS) is 15.6. The standard InChI is InChI=1S/C22H14O9/c23-11-4-3-9(6-12(11)24)21-20(28)19(27)18-13(25)8-15-17(22(18)31-21)10(7-16(26)30-15)14-2-1-5-29-14/h1-6,8,10,23-25,28H,7H2. The quantitative estimate of drug-likeness (QED) is 0.217. The molecule has 0 saturated carbocycles. The highest BCUT2D eigenvalue weighted by atomic mass is 16.5. The van der Waals surface area contributed by atoms with E-state index in [1.54, 1.807) is 12.1 Å². The van der Waals surface area contributed by atoms with Crippen molar-refractivity contribution < 1.29 is 38.8 Å². The van der Waals surface area contributed by atoms with Gasteiger partial charge in [-0.05, 0) is 30.3 Å². The summed E-state index contributed by atoms with van der Waals surface area (Å²) in [5.41, 5.74) is -0.622. The first-order valence-corrected chi connectivity index (χ1v) is 9.17. The second-order valence-electron chi connectivity index (χ2n) is 7.07. The van der Waals surface area contributed by atoms with Gasteiger partial charge in [0.1, 0.15) is 28.2 Å². The first-order valence-electron chi connectivity index (χ1n) is 9.17. The van der Waals surface area contributed by atoms with Gasteiger partial charge in [-0.15, -0.1) is 0 Å². The highest BCUT2D eigenvalue weighted by Gasteiger charge is 2.35. The van der Waals surface area contributed by atoms with Crippen molar-refractivity contribution in [1.82, 2.24) is 0 Å². The largest absolute Gasteiger partial charge is 0.507 e. The molecular formula is C22H14O9. The van der Waals surface area contributed by atoms with Crippen molar-refractivity contribution in [1.29, 1.82) is 0 Å². The average Bonchev–Trinajstić information content (AvgIpc) is 3.26. The molecule has 5 rings (SSSR count). The van der Waals surface area contributed by atoms with Crippen LogP contribution in [0.3, 0.4) is 0 Å².